The number of alkyl halides is 1. The van der Waals surface area contributed by atoms with Crippen molar-refractivity contribution in [1.82, 2.24) is 14.5 Å². The Morgan fingerprint density at radius 2 is 2.29 bits per heavy atom. The van der Waals surface area contributed by atoms with Gasteiger partial charge in [0, 0.05) is 18.7 Å². The molecule has 0 radical (unpaired) electrons. The minimum Gasteiger partial charge on any atom is -0.323 e. The van der Waals surface area contributed by atoms with Crippen LogP contribution in [0.4, 0.5) is 4.39 Å². The van der Waals surface area contributed by atoms with Crippen molar-refractivity contribution in [3.8, 4) is 0 Å². The van der Waals surface area contributed by atoms with Gasteiger partial charge in [0.05, 0.1) is 21.4 Å². The van der Waals surface area contributed by atoms with Crippen LogP contribution in [0.3, 0.4) is 0 Å². The second-order valence-corrected chi connectivity index (χ2v) is 6.60. The molecule has 2 heterocycles. The zero-order valence-corrected chi connectivity index (χ0v) is 14.3. The van der Waals surface area contributed by atoms with Gasteiger partial charge in [0.2, 0.25) is 0 Å². The Hall–Kier alpha value is -0.650. The minimum atomic E-state index is -0.285. The Kier molecular flexibility index (Phi) is 4.52. The molecule has 1 fully saturated rings. The monoisotopic (exact) mass is 373 g/mol. The minimum absolute atomic E-state index is 0.285. The van der Waals surface area contributed by atoms with E-state index in [1.54, 1.807) is 0 Å². The third-order valence-corrected chi connectivity index (χ3v) is 5.06. The first-order valence-electron chi connectivity index (χ1n) is 7.28. The molecule has 6 heteroatoms. The van der Waals surface area contributed by atoms with Crippen molar-refractivity contribution >= 4 is 38.6 Å². The van der Waals surface area contributed by atoms with E-state index in [9.17, 15) is 4.39 Å². The van der Waals surface area contributed by atoms with Crippen LogP contribution in [0.2, 0.25) is 0 Å². The molecule has 0 N–H and O–H groups in total. The molecule has 2 aromatic rings. The first kappa shape index (κ1) is 15.3. The molecular formula is C15H18BrClFN3. The third kappa shape index (κ3) is 2.83. The quantitative estimate of drug-likeness (QED) is 0.746. The Morgan fingerprint density at radius 1 is 1.48 bits per heavy atom. The van der Waals surface area contributed by atoms with Gasteiger partial charge in [-0.25, -0.2) is 9.37 Å². The van der Waals surface area contributed by atoms with Gasteiger partial charge in [0.25, 0.3) is 0 Å². The standard InChI is InChI=1S/C15H18BrClFN3/c1-2-20-5-3-4-10(9-20)21-14-6-11(16)12(18)7-13(14)19-15(21)8-17/h6-7,10H,2-5,8-9H2,1H3. The van der Waals surface area contributed by atoms with Gasteiger partial charge in [-0.05, 0) is 47.9 Å². The molecule has 1 aromatic carbocycles. The molecule has 0 spiro atoms. The predicted octanol–water partition coefficient (Wildman–Crippen LogP) is 4.33. The lowest BCUT2D eigenvalue weighted by Crippen LogP contribution is -2.36. The van der Waals surface area contributed by atoms with E-state index >= 15 is 0 Å². The van der Waals surface area contributed by atoms with Gasteiger partial charge in [-0.15, -0.1) is 11.6 Å². The van der Waals surface area contributed by atoms with E-state index in [1.807, 2.05) is 6.07 Å². The predicted molar refractivity (Wildman–Crippen MR) is 87.3 cm³/mol. The van der Waals surface area contributed by atoms with E-state index in [1.165, 1.54) is 12.5 Å². The van der Waals surface area contributed by atoms with Crippen LogP contribution in [0, 0.1) is 5.82 Å². The molecule has 3 rings (SSSR count). The number of imidazole rings is 1. The van der Waals surface area contributed by atoms with Crippen molar-refractivity contribution in [1.29, 1.82) is 0 Å². The average molecular weight is 375 g/mol. The fraction of sp³-hybridized carbons (Fsp3) is 0.533. The van der Waals surface area contributed by atoms with Crippen LogP contribution < -0.4 is 0 Å². The number of rotatable bonds is 3. The van der Waals surface area contributed by atoms with Gasteiger partial charge in [-0.3, -0.25) is 0 Å². The van der Waals surface area contributed by atoms with Crippen molar-refractivity contribution in [2.24, 2.45) is 0 Å². The number of piperidine rings is 1. The molecule has 114 valence electrons. The molecule has 1 aliphatic rings. The van der Waals surface area contributed by atoms with Gasteiger partial charge in [0.15, 0.2) is 0 Å². The highest BCUT2D eigenvalue weighted by Crippen LogP contribution is 2.31. The van der Waals surface area contributed by atoms with Crippen molar-refractivity contribution in [2.45, 2.75) is 31.7 Å². The summed E-state index contributed by atoms with van der Waals surface area (Å²) in [7, 11) is 0. The smallest absolute Gasteiger partial charge is 0.139 e. The Morgan fingerprint density at radius 3 is 3.00 bits per heavy atom. The first-order valence-corrected chi connectivity index (χ1v) is 8.61. The largest absolute Gasteiger partial charge is 0.323 e. The van der Waals surface area contributed by atoms with Gasteiger partial charge < -0.3 is 9.47 Å². The fourth-order valence-electron chi connectivity index (χ4n) is 3.17. The molecule has 1 aromatic heterocycles. The normalized spacial score (nSPS) is 20.3. The molecule has 0 saturated carbocycles. The van der Waals surface area contributed by atoms with E-state index in [0.29, 0.717) is 21.9 Å². The number of benzene rings is 1. The summed E-state index contributed by atoms with van der Waals surface area (Å²) in [6.07, 6.45) is 2.28. The summed E-state index contributed by atoms with van der Waals surface area (Å²) in [6, 6.07) is 3.65. The van der Waals surface area contributed by atoms with Crippen LogP contribution in [-0.4, -0.2) is 34.1 Å². The maximum absolute atomic E-state index is 13.7. The molecule has 3 nitrogen and oxygen atoms in total. The topological polar surface area (TPSA) is 21.1 Å². The second kappa shape index (κ2) is 6.23. The molecule has 1 aliphatic heterocycles. The van der Waals surface area contributed by atoms with Crippen molar-refractivity contribution in [3.63, 3.8) is 0 Å². The summed E-state index contributed by atoms with van der Waals surface area (Å²) in [5.74, 6) is 0.885. The number of halogens is 3. The number of hydrogen-bond donors (Lipinski definition) is 0. The Balaban J connectivity index is 2.09. The summed E-state index contributed by atoms with van der Waals surface area (Å²) in [6.45, 7) is 5.38. The lowest BCUT2D eigenvalue weighted by Gasteiger charge is -2.33. The number of aromatic nitrogens is 2. The summed E-state index contributed by atoms with van der Waals surface area (Å²) < 4.78 is 16.4. The van der Waals surface area contributed by atoms with Crippen LogP contribution in [0.5, 0.6) is 0 Å². The molecule has 1 saturated heterocycles. The lowest BCUT2D eigenvalue weighted by atomic mass is 10.1. The second-order valence-electron chi connectivity index (χ2n) is 5.48. The number of likely N-dealkylation sites (tertiary alicyclic amines) is 1. The highest BCUT2D eigenvalue weighted by molar-refractivity contribution is 9.10. The zero-order chi connectivity index (χ0) is 15.0. The molecule has 0 amide bonds. The van der Waals surface area contributed by atoms with E-state index < -0.39 is 0 Å². The molecule has 0 aliphatic carbocycles. The molecule has 1 unspecified atom stereocenters. The SMILES string of the molecule is CCN1CCCC(n2c(CCl)nc3cc(F)c(Br)cc32)C1. The van der Waals surface area contributed by atoms with Crippen molar-refractivity contribution < 1.29 is 4.39 Å². The van der Waals surface area contributed by atoms with E-state index in [4.69, 9.17) is 11.6 Å². The van der Waals surface area contributed by atoms with Crippen LogP contribution in [-0.2, 0) is 5.88 Å². The van der Waals surface area contributed by atoms with Crippen molar-refractivity contribution in [3.05, 3.63) is 28.2 Å². The summed E-state index contributed by atoms with van der Waals surface area (Å²) in [4.78, 5) is 6.95. The van der Waals surface area contributed by atoms with Crippen LogP contribution >= 0.6 is 27.5 Å². The van der Waals surface area contributed by atoms with Crippen LogP contribution in [0.15, 0.2) is 16.6 Å². The Bertz CT molecular complexity index is 658. The van der Waals surface area contributed by atoms with Gasteiger partial charge in [0.1, 0.15) is 11.6 Å². The van der Waals surface area contributed by atoms with Crippen molar-refractivity contribution in [2.75, 3.05) is 19.6 Å². The van der Waals surface area contributed by atoms with Gasteiger partial charge in [-0.2, -0.15) is 0 Å². The van der Waals surface area contributed by atoms with Crippen LogP contribution in [0.1, 0.15) is 31.6 Å². The molecular weight excluding hydrogens is 357 g/mol. The molecule has 21 heavy (non-hydrogen) atoms. The lowest BCUT2D eigenvalue weighted by molar-refractivity contribution is 0.186. The van der Waals surface area contributed by atoms with E-state index in [2.05, 4.69) is 37.3 Å². The summed E-state index contributed by atoms with van der Waals surface area (Å²) in [5, 5.41) is 0. The average Bonchev–Trinajstić information content (AvgIpc) is 2.85. The number of nitrogens with zero attached hydrogens (tertiary/aromatic N) is 3. The third-order valence-electron chi connectivity index (χ3n) is 4.22. The number of likely N-dealkylation sites (N-methyl/N-ethyl adjacent to an activating group) is 1. The summed E-state index contributed by atoms with van der Waals surface area (Å²) >= 11 is 9.34. The zero-order valence-electron chi connectivity index (χ0n) is 12.0. The first-order chi connectivity index (χ1) is 10.1. The maximum Gasteiger partial charge on any atom is 0.139 e. The van der Waals surface area contributed by atoms with Crippen LogP contribution in [0.25, 0.3) is 11.0 Å². The number of hydrogen-bond acceptors (Lipinski definition) is 2. The van der Waals surface area contributed by atoms with E-state index in [0.717, 1.165) is 37.4 Å². The highest BCUT2D eigenvalue weighted by atomic mass is 79.9. The van der Waals surface area contributed by atoms with Gasteiger partial charge >= 0.3 is 0 Å². The van der Waals surface area contributed by atoms with Gasteiger partial charge in [-0.1, -0.05) is 6.92 Å². The molecule has 0 bridgehead atoms. The summed E-state index contributed by atoms with van der Waals surface area (Å²) in [5.41, 5.74) is 1.64. The maximum atomic E-state index is 13.7. The highest BCUT2D eigenvalue weighted by Gasteiger charge is 2.24. The number of fused-ring (bicyclic) bond motifs is 1. The molecule has 1 atom stereocenters. The van der Waals surface area contributed by atoms with E-state index in [-0.39, 0.29) is 5.82 Å². The Labute approximate surface area is 137 Å². The fourth-order valence-corrected chi connectivity index (χ4v) is 3.69.